The standard InChI is InChI=1S/C7H2BrClN2O2S/c8-7-3-1-2-4(9)5(11(12)13)6(3)14-10-7/h1-2H. The van der Waals surface area contributed by atoms with Crippen LogP contribution in [-0.4, -0.2) is 9.30 Å². The number of fused-ring (bicyclic) bond motifs is 1. The molecule has 1 aromatic heterocycles. The molecule has 0 spiro atoms. The first-order chi connectivity index (χ1) is 6.61. The number of aromatic nitrogens is 1. The highest BCUT2D eigenvalue weighted by atomic mass is 79.9. The van der Waals surface area contributed by atoms with E-state index in [1.54, 1.807) is 6.07 Å². The third-order valence-electron chi connectivity index (χ3n) is 1.70. The molecule has 0 aliphatic heterocycles. The fraction of sp³-hybridized carbons (Fsp3) is 0. The molecule has 1 aromatic carbocycles. The van der Waals surface area contributed by atoms with Crippen LogP contribution >= 0.6 is 39.1 Å². The van der Waals surface area contributed by atoms with Gasteiger partial charge in [0.2, 0.25) is 0 Å². The van der Waals surface area contributed by atoms with Crippen molar-refractivity contribution in [3.05, 3.63) is 31.9 Å². The maximum Gasteiger partial charge on any atom is 0.307 e. The molecule has 0 unspecified atom stereocenters. The van der Waals surface area contributed by atoms with Crippen molar-refractivity contribution in [1.29, 1.82) is 0 Å². The third kappa shape index (κ3) is 1.39. The van der Waals surface area contributed by atoms with Gasteiger partial charge in [0.25, 0.3) is 0 Å². The van der Waals surface area contributed by atoms with Crippen molar-refractivity contribution in [2.45, 2.75) is 0 Å². The summed E-state index contributed by atoms with van der Waals surface area (Å²) in [6.07, 6.45) is 0. The molecular formula is C7H2BrClN2O2S. The van der Waals surface area contributed by atoms with Gasteiger partial charge in [-0.1, -0.05) is 11.6 Å². The van der Waals surface area contributed by atoms with Crippen LogP contribution in [0.5, 0.6) is 0 Å². The average molecular weight is 294 g/mol. The van der Waals surface area contributed by atoms with E-state index in [0.29, 0.717) is 14.7 Å². The zero-order valence-electron chi connectivity index (χ0n) is 6.53. The van der Waals surface area contributed by atoms with Crippen molar-refractivity contribution in [2.24, 2.45) is 0 Å². The molecule has 0 amide bonds. The predicted octanol–water partition coefficient (Wildman–Crippen LogP) is 3.62. The quantitative estimate of drug-likeness (QED) is 0.596. The van der Waals surface area contributed by atoms with Crippen LogP contribution in [0.1, 0.15) is 0 Å². The van der Waals surface area contributed by atoms with E-state index in [4.69, 9.17) is 11.6 Å². The molecule has 0 N–H and O–H groups in total. The van der Waals surface area contributed by atoms with Gasteiger partial charge in [-0.15, -0.1) is 0 Å². The SMILES string of the molecule is O=[N+]([O-])c1c(Cl)ccc2c(Br)nsc12. The van der Waals surface area contributed by atoms with E-state index in [9.17, 15) is 10.1 Å². The third-order valence-corrected chi connectivity index (χ3v) is 3.72. The monoisotopic (exact) mass is 292 g/mol. The van der Waals surface area contributed by atoms with Gasteiger partial charge in [-0.2, -0.15) is 4.37 Å². The summed E-state index contributed by atoms with van der Waals surface area (Å²) in [6, 6.07) is 3.21. The lowest BCUT2D eigenvalue weighted by atomic mass is 10.2. The summed E-state index contributed by atoms with van der Waals surface area (Å²) in [5.41, 5.74) is -0.0765. The topological polar surface area (TPSA) is 56.0 Å². The summed E-state index contributed by atoms with van der Waals surface area (Å²) < 4.78 is 5.08. The molecule has 0 aliphatic carbocycles. The summed E-state index contributed by atoms with van der Waals surface area (Å²) in [6.45, 7) is 0. The van der Waals surface area contributed by atoms with Gasteiger partial charge in [0.1, 0.15) is 14.3 Å². The lowest BCUT2D eigenvalue weighted by Crippen LogP contribution is -1.88. The van der Waals surface area contributed by atoms with Crippen molar-refractivity contribution in [1.82, 2.24) is 4.37 Å². The van der Waals surface area contributed by atoms with Gasteiger partial charge in [-0.05, 0) is 39.6 Å². The second kappa shape index (κ2) is 3.45. The van der Waals surface area contributed by atoms with E-state index in [1.807, 2.05) is 0 Å². The van der Waals surface area contributed by atoms with Crippen LogP contribution in [0.3, 0.4) is 0 Å². The van der Waals surface area contributed by atoms with Crippen LogP contribution in [0.15, 0.2) is 16.7 Å². The highest BCUT2D eigenvalue weighted by molar-refractivity contribution is 9.10. The fourth-order valence-corrected chi connectivity index (χ4v) is 2.87. The number of hydrogen-bond donors (Lipinski definition) is 0. The zero-order chi connectivity index (χ0) is 10.3. The lowest BCUT2D eigenvalue weighted by Gasteiger charge is -1.95. The van der Waals surface area contributed by atoms with Crippen molar-refractivity contribution in [3.63, 3.8) is 0 Å². The Bertz CT molecular complexity index is 528. The Morgan fingerprint density at radius 1 is 1.57 bits per heavy atom. The van der Waals surface area contributed by atoms with E-state index in [-0.39, 0.29) is 10.7 Å². The Morgan fingerprint density at radius 2 is 2.29 bits per heavy atom. The van der Waals surface area contributed by atoms with Gasteiger partial charge < -0.3 is 0 Å². The fourth-order valence-electron chi connectivity index (χ4n) is 1.11. The van der Waals surface area contributed by atoms with E-state index in [1.165, 1.54) is 6.07 Å². The number of nitrogens with zero attached hydrogens (tertiary/aromatic N) is 2. The van der Waals surface area contributed by atoms with Gasteiger partial charge in [0.05, 0.1) is 4.92 Å². The van der Waals surface area contributed by atoms with Crippen molar-refractivity contribution in [2.75, 3.05) is 0 Å². The summed E-state index contributed by atoms with van der Waals surface area (Å²) in [5, 5.41) is 11.6. The Kier molecular flexibility index (Phi) is 2.42. The highest BCUT2D eigenvalue weighted by Gasteiger charge is 2.20. The predicted molar refractivity (Wildman–Crippen MR) is 59.0 cm³/mol. The molecule has 0 saturated carbocycles. The summed E-state index contributed by atoms with van der Waals surface area (Å²) in [7, 11) is 0. The second-order valence-corrected chi connectivity index (χ2v) is 4.43. The van der Waals surface area contributed by atoms with E-state index in [2.05, 4.69) is 20.3 Å². The molecule has 4 nitrogen and oxygen atoms in total. The molecular weight excluding hydrogens is 292 g/mol. The number of nitro benzene ring substituents is 1. The maximum atomic E-state index is 10.7. The molecule has 14 heavy (non-hydrogen) atoms. The average Bonchev–Trinajstić information content (AvgIpc) is 2.47. The van der Waals surface area contributed by atoms with Crippen LogP contribution in [0.25, 0.3) is 10.1 Å². The first kappa shape index (κ1) is 9.82. The van der Waals surface area contributed by atoms with Crippen LogP contribution < -0.4 is 0 Å². The molecule has 0 atom stereocenters. The van der Waals surface area contributed by atoms with Crippen molar-refractivity contribution >= 4 is 54.8 Å². The minimum atomic E-state index is -0.491. The number of hydrogen-bond acceptors (Lipinski definition) is 4. The summed E-state index contributed by atoms with van der Waals surface area (Å²) >= 11 is 10.00. The molecule has 7 heteroatoms. The molecule has 2 aromatic rings. The van der Waals surface area contributed by atoms with Gasteiger partial charge in [0, 0.05) is 5.39 Å². The second-order valence-electron chi connectivity index (χ2n) is 2.50. The van der Waals surface area contributed by atoms with Gasteiger partial charge in [-0.3, -0.25) is 10.1 Å². The van der Waals surface area contributed by atoms with Crippen LogP contribution in [-0.2, 0) is 0 Å². The maximum absolute atomic E-state index is 10.7. The largest absolute Gasteiger partial charge is 0.307 e. The first-order valence-electron chi connectivity index (χ1n) is 3.49. The van der Waals surface area contributed by atoms with Gasteiger partial charge >= 0.3 is 5.69 Å². The molecule has 0 aliphatic rings. The highest BCUT2D eigenvalue weighted by Crippen LogP contribution is 2.38. The Labute approximate surface area is 95.9 Å². The molecule has 1 heterocycles. The summed E-state index contributed by atoms with van der Waals surface area (Å²) in [5.74, 6) is 0. The molecule has 72 valence electrons. The summed E-state index contributed by atoms with van der Waals surface area (Å²) in [4.78, 5) is 10.2. The molecule has 0 fully saturated rings. The van der Waals surface area contributed by atoms with Gasteiger partial charge in [0.15, 0.2) is 0 Å². The van der Waals surface area contributed by atoms with E-state index >= 15 is 0 Å². The number of halogens is 2. The minimum Gasteiger partial charge on any atom is -0.258 e. The number of benzene rings is 1. The number of rotatable bonds is 1. The molecule has 0 saturated heterocycles. The van der Waals surface area contributed by atoms with Crippen LogP contribution in [0, 0.1) is 10.1 Å². The van der Waals surface area contributed by atoms with E-state index in [0.717, 1.165) is 11.5 Å². The molecule has 0 bridgehead atoms. The molecule has 0 radical (unpaired) electrons. The first-order valence-corrected chi connectivity index (χ1v) is 5.43. The lowest BCUT2D eigenvalue weighted by molar-refractivity contribution is -0.382. The van der Waals surface area contributed by atoms with E-state index < -0.39 is 4.92 Å². The van der Waals surface area contributed by atoms with Gasteiger partial charge in [-0.25, -0.2) is 0 Å². The Morgan fingerprint density at radius 3 is 2.93 bits per heavy atom. The Balaban J connectivity index is 2.90. The smallest absolute Gasteiger partial charge is 0.258 e. The normalized spacial score (nSPS) is 10.7. The van der Waals surface area contributed by atoms with Crippen LogP contribution in [0.4, 0.5) is 5.69 Å². The molecule has 2 rings (SSSR count). The Hall–Kier alpha value is -0.720. The van der Waals surface area contributed by atoms with Crippen LogP contribution in [0.2, 0.25) is 5.02 Å². The zero-order valence-corrected chi connectivity index (χ0v) is 9.69. The van der Waals surface area contributed by atoms with Crippen molar-refractivity contribution in [3.8, 4) is 0 Å². The minimum absolute atomic E-state index is 0.0765. The van der Waals surface area contributed by atoms with Crippen molar-refractivity contribution < 1.29 is 4.92 Å². The number of nitro groups is 1.